The van der Waals surface area contributed by atoms with Crippen LogP contribution in [0.3, 0.4) is 0 Å². The summed E-state index contributed by atoms with van der Waals surface area (Å²) in [6.45, 7) is 2.19. The third-order valence-corrected chi connectivity index (χ3v) is 6.87. The Labute approximate surface area is 244 Å². The van der Waals surface area contributed by atoms with Crippen molar-refractivity contribution in [1.82, 2.24) is 0 Å². The maximum absolute atomic E-state index is 12.5. The number of carbonyl (C=O) groups is 1. The van der Waals surface area contributed by atoms with Crippen molar-refractivity contribution in [2.45, 2.75) is 25.9 Å². The maximum Gasteiger partial charge on any atom is 0.349 e. The fourth-order valence-corrected chi connectivity index (χ4v) is 4.68. The molecule has 1 atom stereocenters. The number of allylic oxidation sites excluding steroid dienone is 1. The Morgan fingerprint density at radius 2 is 1.67 bits per heavy atom. The number of methoxy groups -OCH3 is 1. The quantitative estimate of drug-likeness (QED) is 0.184. The lowest BCUT2D eigenvalue weighted by Crippen LogP contribution is -2.22. The van der Waals surface area contributed by atoms with Crippen LogP contribution in [0.5, 0.6) is 28.7 Å². The van der Waals surface area contributed by atoms with Crippen LogP contribution in [0.2, 0.25) is 0 Å². The van der Waals surface area contributed by atoms with E-state index in [-0.39, 0.29) is 23.8 Å². The summed E-state index contributed by atoms with van der Waals surface area (Å²) in [5.74, 6) is 1.17. The van der Waals surface area contributed by atoms with Crippen molar-refractivity contribution in [1.29, 1.82) is 5.26 Å². The first-order chi connectivity index (χ1) is 20.5. The van der Waals surface area contributed by atoms with Gasteiger partial charge < -0.3 is 29.4 Å². The van der Waals surface area contributed by atoms with Gasteiger partial charge in [0.25, 0.3) is 0 Å². The molecule has 8 nitrogen and oxygen atoms in total. The van der Waals surface area contributed by atoms with Gasteiger partial charge in [-0.25, -0.2) is 4.79 Å². The third-order valence-electron chi connectivity index (χ3n) is 6.87. The van der Waals surface area contributed by atoms with E-state index in [1.807, 2.05) is 72.8 Å². The largest absolute Gasteiger partial charge is 0.493 e. The smallest absolute Gasteiger partial charge is 0.349 e. The molecule has 0 amide bonds. The summed E-state index contributed by atoms with van der Waals surface area (Å²) in [4.78, 5) is 12.5. The number of fused-ring (bicyclic) bond motifs is 1. The predicted molar refractivity (Wildman–Crippen MR) is 156 cm³/mol. The van der Waals surface area contributed by atoms with E-state index in [1.165, 1.54) is 5.56 Å². The molecular weight excluding hydrogens is 532 g/mol. The first-order valence-corrected chi connectivity index (χ1v) is 13.5. The van der Waals surface area contributed by atoms with Gasteiger partial charge in [-0.15, -0.1) is 0 Å². The molecule has 0 bridgehead atoms. The summed E-state index contributed by atoms with van der Waals surface area (Å²) >= 11 is 0. The van der Waals surface area contributed by atoms with E-state index in [9.17, 15) is 10.1 Å². The zero-order chi connectivity index (χ0) is 29.5. The summed E-state index contributed by atoms with van der Waals surface area (Å²) in [5, 5.41) is 9.96. The van der Waals surface area contributed by atoms with E-state index >= 15 is 0 Å². The highest BCUT2D eigenvalue weighted by Crippen LogP contribution is 2.45. The highest BCUT2D eigenvalue weighted by Gasteiger charge is 2.32. The van der Waals surface area contributed by atoms with Crippen molar-refractivity contribution in [2.24, 2.45) is 5.73 Å². The van der Waals surface area contributed by atoms with E-state index in [2.05, 4.69) is 13.0 Å². The van der Waals surface area contributed by atoms with Crippen LogP contribution >= 0.6 is 0 Å². The van der Waals surface area contributed by atoms with Crippen molar-refractivity contribution in [3.05, 3.63) is 125 Å². The molecule has 1 aliphatic heterocycles. The van der Waals surface area contributed by atoms with Gasteiger partial charge in [-0.3, -0.25) is 0 Å². The van der Waals surface area contributed by atoms with Crippen LogP contribution in [0.4, 0.5) is 0 Å². The number of aryl methyl sites for hydroxylation is 1. The van der Waals surface area contributed by atoms with Gasteiger partial charge in [-0.1, -0.05) is 61.5 Å². The summed E-state index contributed by atoms with van der Waals surface area (Å²) in [5.41, 5.74) is 10.1. The highest BCUT2D eigenvalue weighted by molar-refractivity contribution is 5.74. The number of esters is 1. The molecular formula is C34H30N2O6. The average Bonchev–Trinajstić information content (AvgIpc) is 3.02. The number of hydrogen-bond acceptors (Lipinski definition) is 8. The molecule has 1 heterocycles. The maximum atomic E-state index is 12.5. The first-order valence-electron chi connectivity index (χ1n) is 13.5. The summed E-state index contributed by atoms with van der Waals surface area (Å²) < 4.78 is 28.5. The lowest BCUT2D eigenvalue weighted by Gasteiger charge is -2.27. The molecule has 8 heteroatoms. The predicted octanol–water partition coefficient (Wildman–Crippen LogP) is 6.04. The molecule has 5 rings (SSSR count). The summed E-state index contributed by atoms with van der Waals surface area (Å²) in [6.07, 6.45) is 0.918. The number of benzene rings is 4. The second-order valence-corrected chi connectivity index (χ2v) is 9.57. The molecule has 0 fully saturated rings. The lowest BCUT2D eigenvalue weighted by molar-refractivity contribution is -0.136. The van der Waals surface area contributed by atoms with Gasteiger partial charge in [0.1, 0.15) is 35.5 Å². The van der Waals surface area contributed by atoms with Gasteiger partial charge in [0, 0.05) is 11.6 Å². The average molecular weight is 563 g/mol. The van der Waals surface area contributed by atoms with Crippen LogP contribution in [0.1, 0.15) is 35.1 Å². The summed E-state index contributed by atoms with van der Waals surface area (Å²) in [7, 11) is 1.56. The van der Waals surface area contributed by atoms with Crippen molar-refractivity contribution in [2.75, 3.05) is 13.7 Å². The molecule has 4 aromatic rings. The summed E-state index contributed by atoms with van der Waals surface area (Å²) in [6, 6.07) is 30.0. The van der Waals surface area contributed by atoms with E-state index < -0.39 is 11.9 Å². The number of nitrogens with zero attached hydrogens (tertiary/aromatic N) is 1. The zero-order valence-corrected chi connectivity index (χ0v) is 23.3. The van der Waals surface area contributed by atoms with Crippen molar-refractivity contribution >= 4 is 5.97 Å². The van der Waals surface area contributed by atoms with Crippen LogP contribution < -0.4 is 29.4 Å². The molecule has 2 N–H and O–H groups in total. The standard InChI is InChI=1S/C34H30N2O6/c1-3-22-9-12-25(13-10-22)39-21-32(37)41-26-14-15-27-30(18-26)42-34(36)28(19-35)33(27)24-11-16-29(31(17-24)38-2)40-20-23-7-5-4-6-8-23/h4-18,33H,3,20-21,36H2,1-2H3. The van der Waals surface area contributed by atoms with Crippen LogP contribution in [0.25, 0.3) is 0 Å². The van der Waals surface area contributed by atoms with Gasteiger partial charge in [-0.05, 0) is 53.4 Å². The molecule has 0 radical (unpaired) electrons. The molecule has 4 aromatic carbocycles. The Bertz CT molecular complexity index is 1640. The van der Waals surface area contributed by atoms with Crippen molar-refractivity contribution < 1.29 is 28.5 Å². The number of nitrogens with two attached hydrogens (primary N) is 1. The third kappa shape index (κ3) is 6.31. The van der Waals surface area contributed by atoms with Crippen LogP contribution in [-0.4, -0.2) is 19.7 Å². The SMILES string of the molecule is CCc1ccc(OCC(=O)Oc2ccc3c(c2)OC(N)=C(C#N)C3c2ccc(OCc3ccccc3)c(OC)c2)cc1. The second kappa shape index (κ2) is 12.8. The van der Waals surface area contributed by atoms with Gasteiger partial charge >= 0.3 is 5.97 Å². The fourth-order valence-electron chi connectivity index (χ4n) is 4.68. The molecule has 0 saturated carbocycles. The van der Waals surface area contributed by atoms with Gasteiger partial charge in [0.15, 0.2) is 18.1 Å². The Morgan fingerprint density at radius 3 is 2.38 bits per heavy atom. The monoisotopic (exact) mass is 562 g/mol. The number of ether oxygens (including phenoxy) is 5. The minimum atomic E-state index is -0.570. The Kier molecular flexibility index (Phi) is 8.59. The molecule has 0 aliphatic carbocycles. The van der Waals surface area contributed by atoms with Crippen LogP contribution in [0.15, 0.2) is 102 Å². The van der Waals surface area contributed by atoms with Gasteiger partial charge in [0.05, 0.1) is 13.0 Å². The molecule has 0 spiro atoms. The normalized spacial score (nSPS) is 13.8. The van der Waals surface area contributed by atoms with E-state index in [0.717, 1.165) is 17.5 Å². The Hall–Kier alpha value is -5.42. The molecule has 1 aliphatic rings. The second-order valence-electron chi connectivity index (χ2n) is 9.57. The molecule has 42 heavy (non-hydrogen) atoms. The number of carbonyl (C=O) groups excluding carboxylic acids is 1. The van der Waals surface area contributed by atoms with Gasteiger partial charge in [0.2, 0.25) is 5.88 Å². The Balaban J connectivity index is 1.34. The van der Waals surface area contributed by atoms with E-state index in [4.69, 9.17) is 29.4 Å². The topological polar surface area (TPSA) is 113 Å². The molecule has 1 unspecified atom stereocenters. The number of rotatable bonds is 10. The first kappa shape index (κ1) is 28.1. The van der Waals surface area contributed by atoms with E-state index in [0.29, 0.717) is 35.2 Å². The van der Waals surface area contributed by atoms with Crippen LogP contribution in [0, 0.1) is 11.3 Å². The number of hydrogen-bond donors (Lipinski definition) is 1. The van der Waals surface area contributed by atoms with E-state index in [1.54, 1.807) is 25.3 Å². The van der Waals surface area contributed by atoms with Crippen molar-refractivity contribution in [3.8, 4) is 34.8 Å². The number of nitriles is 1. The molecule has 212 valence electrons. The lowest BCUT2D eigenvalue weighted by atomic mass is 9.83. The minimum Gasteiger partial charge on any atom is -0.493 e. The zero-order valence-electron chi connectivity index (χ0n) is 23.3. The van der Waals surface area contributed by atoms with Crippen molar-refractivity contribution in [3.63, 3.8) is 0 Å². The molecule has 0 saturated heterocycles. The van der Waals surface area contributed by atoms with Gasteiger partial charge in [-0.2, -0.15) is 5.26 Å². The Morgan fingerprint density at radius 1 is 0.905 bits per heavy atom. The van der Waals surface area contributed by atoms with Crippen LogP contribution in [-0.2, 0) is 17.8 Å². The minimum absolute atomic E-state index is 0.0271. The molecule has 0 aromatic heterocycles. The highest BCUT2D eigenvalue weighted by atomic mass is 16.6. The fraction of sp³-hybridized carbons (Fsp3) is 0.176.